The third-order valence-electron chi connectivity index (χ3n) is 4.06. The lowest BCUT2D eigenvalue weighted by Crippen LogP contribution is -2.34. The van der Waals surface area contributed by atoms with Crippen molar-refractivity contribution >= 4 is 32.7 Å². The van der Waals surface area contributed by atoms with Crippen LogP contribution in [0.15, 0.2) is 29.3 Å². The van der Waals surface area contributed by atoms with Crippen LogP contribution < -0.4 is 4.74 Å². The van der Waals surface area contributed by atoms with E-state index in [2.05, 4.69) is 4.99 Å². The van der Waals surface area contributed by atoms with E-state index in [0.29, 0.717) is 5.17 Å². The van der Waals surface area contributed by atoms with Crippen LogP contribution in [-0.4, -0.2) is 61.3 Å². The fourth-order valence-corrected chi connectivity index (χ4v) is 6.81. The highest BCUT2D eigenvalue weighted by Crippen LogP contribution is 2.36. The van der Waals surface area contributed by atoms with Crippen LogP contribution in [0.4, 0.5) is 0 Å². The van der Waals surface area contributed by atoms with Gasteiger partial charge in [0.1, 0.15) is 5.75 Å². The average Bonchev–Trinajstić information content (AvgIpc) is 2.94. The van der Waals surface area contributed by atoms with Crippen LogP contribution in [0.2, 0.25) is 0 Å². The maximum Gasteiger partial charge on any atom is 0.252 e. The molecule has 2 saturated heterocycles. The number of carbonyl (C=O) groups is 1. The molecular formula is C15H18N2O4S2. The van der Waals surface area contributed by atoms with E-state index in [4.69, 9.17) is 4.74 Å². The number of benzene rings is 1. The van der Waals surface area contributed by atoms with E-state index in [1.54, 1.807) is 26.3 Å². The van der Waals surface area contributed by atoms with Crippen LogP contribution in [0.25, 0.3) is 0 Å². The molecular weight excluding hydrogens is 336 g/mol. The van der Waals surface area contributed by atoms with Crippen molar-refractivity contribution < 1.29 is 17.9 Å². The van der Waals surface area contributed by atoms with Gasteiger partial charge in [0.15, 0.2) is 15.0 Å². The molecule has 1 aromatic carbocycles. The van der Waals surface area contributed by atoms with Crippen molar-refractivity contribution in [3.05, 3.63) is 29.8 Å². The third-order valence-corrected chi connectivity index (χ3v) is 7.36. The molecule has 8 heteroatoms. The number of fused-ring (bicyclic) bond motifs is 1. The number of hydrogen-bond donors (Lipinski definition) is 0. The summed E-state index contributed by atoms with van der Waals surface area (Å²) in [6.07, 6.45) is 0.218. The third kappa shape index (κ3) is 3.53. The van der Waals surface area contributed by atoms with Gasteiger partial charge in [-0.1, -0.05) is 23.9 Å². The van der Waals surface area contributed by atoms with Crippen molar-refractivity contribution in [1.82, 2.24) is 4.90 Å². The lowest BCUT2D eigenvalue weighted by molar-refractivity contribution is -0.117. The van der Waals surface area contributed by atoms with Crippen LogP contribution in [0, 0.1) is 0 Å². The molecule has 2 heterocycles. The highest BCUT2D eigenvalue weighted by molar-refractivity contribution is 8.15. The van der Waals surface area contributed by atoms with Crippen molar-refractivity contribution in [3.8, 4) is 5.75 Å². The van der Waals surface area contributed by atoms with Gasteiger partial charge in [-0.25, -0.2) is 8.42 Å². The fourth-order valence-electron chi connectivity index (χ4n) is 2.80. The average molecular weight is 354 g/mol. The Labute approximate surface area is 139 Å². The molecule has 1 amide bonds. The smallest absolute Gasteiger partial charge is 0.252 e. The van der Waals surface area contributed by atoms with Crippen molar-refractivity contribution in [2.45, 2.75) is 17.7 Å². The van der Waals surface area contributed by atoms with Crippen LogP contribution in [-0.2, 0) is 21.1 Å². The minimum atomic E-state index is -2.96. The van der Waals surface area contributed by atoms with Gasteiger partial charge >= 0.3 is 0 Å². The van der Waals surface area contributed by atoms with Gasteiger partial charge in [-0.05, 0) is 17.7 Å². The Morgan fingerprint density at radius 1 is 1.35 bits per heavy atom. The Morgan fingerprint density at radius 3 is 2.65 bits per heavy atom. The van der Waals surface area contributed by atoms with E-state index in [-0.39, 0.29) is 35.1 Å². The predicted octanol–water partition coefficient (Wildman–Crippen LogP) is 0.964. The molecule has 0 radical (unpaired) electrons. The number of thioether (sulfide) groups is 1. The Hall–Kier alpha value is -1.54. The maximum atomic E-state index is 12.1. The van der Waals surface area contributed by atoms with E-state index in [9.17, 15) is 13.2 Å². The fraction of sp³-hybridized carbons (Fsp3) is 0.467. The Bertz CT molecular complexity index is 743. The molecule has 2 aliphatic heterocycles. The summed E-state index contributed by atoms with van der Waals surface area (Å²) in [6, 6.07) is 7.22. The highest BCUT2D eigenvalue weighted by atomic mass is 32.2. The SMILES string of the molecule is COc1ccc(CC(=O)N=C2SC3CS(=O)(=O)CC3N2C)cc1. The topological polar surface area (TPSA) is 76.0 Å². The summed E-state index contributed by atoms with van der Waals surface area (Å²) < 4.78 is 28.4. The van der Waals surface area contributed by atoms with Crippen LogP contribution in [0.1, 0.15) is 5.56 Å². The molecule has 124 valence electrons. The number of methoxy groups -OCH3 is 1. The molecule has 0 spiro atoms. The molecule has 0 N–H and O–H groups in total. The number of hydrogen-bond acceptors (Lipinski definition) is 5. The zero-order valence-corrected chi connectivity index (χ0v) is 14.6. The van der Waals surface area contributed by atoms with Crippen LogP contribution in [0.5, 0.6) is 5.75 Å². The van der Waals surface area contributed by atoms with E-state index >= 15 is 0 Å². The van der Waals surface area contributed by atoms with Crippen molar-refractivity contribution in [2.24, 2.45) is 4.99 Å². The normalized spacial score (nSPS) is 27.2. The van der Waals surface area contributed by atoms with Crippen molar-refractivity contribution in [3.63, 3.8) is 0 Å². The number of carbonyl (C=O) groups excluding carboxylic acids is 1. The number of nitrogens with zero attached hydrogens (tertiary/aromatic N) is 2. The second kappa shape index (κ2) is 6.16. The van der Waals surface area contributed by atoms with Gasteiger partial charge in [-0.2, -0.15) is 4.99 Å². The molecule has 0 bridgehead atoms. The largest absolute Gasteiger partial charge is 0.497 e. The van der Waals surface area contributed by atoms with Gasteiger partial charge in [0.2, 0.25) is 0 Å². The maximum absolute atomic E-state index is 12.1. The number of ether oxygens (including phenoxy) is 1. The minimum Gasteiger partial charge on any atom is -0.497 e. The van der Waals surface area contributed by atoms with Crippen molar-refractivity contribution in [1.29, 1.82) is 0 Å². The molecule has 2 fully saturated rings. The van der Waals surface area contributed by atoms with Gasteiger partial charge in [0.25, 0.3) is 5.91 Å². The number of amides is 1. The number of amidine groups is 1. The lowest BCUT2D eigenvalue weighted by Gasteiger charge is -2.17. The molecule has 1 aromatic rings. The Balaban J connectivity index is 1.66. The van der Waals surface area contributed by atoms with Gasteiger partial charge in [0.05, 0.1) is 31.1 Å². The summed E-state index contributed by atoms with van der Waals surface area (Å²) in [7, 11) is 0.437. The minimum absolute atomic E-state index is 0.0162. The molecule has 2 atom stereocenters. The lowest BCUT2D eigenvalue weighted by atomic mass is 10.1. The summed E-state index contributed by atoms with van der Waals surface area (Å²) >= 11 is 1.39. The number of rotatable bonds is 3. The molecule has 0 aromatic heterocycles. The molecule has 2 unspecified atom stereocenters. The summed E-state index contributed by atoms with van der Waals surface area (Å²) in [5.41, 5.74) is 0.869. The first kappa shape index (κ1) is 16.3. The van der Waals surface area contributed by atoms with E-state index < -0.39 is 9.84 Å². The van der Waals surface area contributed by atoms with Crippen LogP contribution in [0.3, 0.4) is 0 Å². The Kier molecular flexibility index (Phi) is 4.37. The van der Waals surface area contributed by atoms with Gasteiger partial charge in [-0.3, -0.25) is 4.79 Å². The molecule has 0 saturated carbocycles. The quantitative estimate of drug-likeness (QED) is 0.805. The summed E-state index contributed by atoms with van der Waals surface area (Å²) in [4.78, 5) is 18.1. The van der Waals surface area contributed by atoms with E-state index in [1.165, 1.54) is 11.8 Å². The summed E-state index contributed by atoms with van der Waals surface area (Å²) in [6.45, 7) is 0. The van der Waals surface area contributed by atoms with Crippen LogP contribution >= 0.6 is 11.8 Å². The summed E-state index contributed by atoms with van der Waals surface area (Å²) in [5, 5.41) is 0.603. The van der Waals surface area contributed by atoms with Crippen molar-refractivity contribution in [2.75, 3.05) is 25.7 Å². The zero-order chi connectivity index (χ0) is 16.6. The first-order valence-corrected chi connectivity index (χ1v) is 9.92. The molecule has 23 heavy (non-hydrogen) atoms. The Morgan fingerprint density at radius 2 is 2.04 bits per heavy atom. The highest BCUT2D eigenvalue weighted by Gasteiger charge is 2.47. The molecule has 6 nitrogen and oxygen atoms in total. The number of sulfone groups is 1. The first-order valence-electron chi connectivity index (χ1n) is 7.22. The first-order chi connectivity index (χ1) is 10.9. The molecule has 0 aliphatic carbocycles. The predicted molar refractivity (Wildman–Crippen MR) is 90.7 cm³/mol. The van der Waals surface area contributed by atoms with E-state index in [0.717, 1.165) is 11.3 Å². The molecule has 2 aliphatic rings. The van der Waals surface area contributed by atoms with Gasteiger partial charge in [-0.15, -0.1) is 0 Å². The number of aliphatic imine (C=N–C) groups is 1. The summed E-state index contributed by atoms with van der Waals surface area (Å²) in [5.74, 6) is 0.825. The standard InChI is InChI=1S/C15H18N2O4S2/c1-17-12-8-23(19,20)9-13(12)22-15(17)16-14(18)7-10-3-5-11(21-2)6-4-10/h3-6,12-13H,7-9H2,1-2H3. The monoisotopic (exact) mass is 354 g/mol. The van der Waals surface area contributed by atoms with E-state index in [1.807, 2.05) is 17.0 Å². The van der Waals surface area contributed by atoms with Gasteiger partial charge in [0, 0.05) is 12.3 Å². The molecule has 3 rings (SSSR count). The second-order valence-electron chi connectivity index (χ2n) is 5.72. The second-order valence-corrected chi connectivity index (χ2v) is 9.08. The van der Waals surface area contributed by atoms with Gasteiger partial charge < -0.3 is 9.64 Å². The zero-order valence-electron chi connectivity index (χ0n) is 12.9.